The number of hydrogen-bond acceptors (Lipinski definition) is 3. The van der Waals surface area contributed by atoms with Crippen LogP contribution >= 0.6 is 0 Å². The van der Waals surface area contributed by atoms with E-state index in [2.05, 4.69) is 21.8 Å². The predicted molar refractivity (Wildman–Crippen MR) is 65.3 cm³/mol. The average Bonchev–Trinajstić information content (AvgIpc) is 2.76. The Morgan fingerprint density at radius 2 is 2.53 bits per heavy atom. The molecule has 1 amide bonds. The molecule has 2 rings (SSSR count). The van der Waals surface area contributed by atoms with E-state index in [0.717, 1.165) is 38.2 Å². The van der Waals surface area contributed by atoms with Crippen molar-refractivity contribution in [2.24, 2.45) is 11.7 Å². The zero-order valence-corrected chi connectivity index (χ0v) is 10.2. The van der Waals surface area contributed by atoms with E-state index in [9.17, 15) is 4.79 Å². The molecule has 1 saturated heterocycles. The smallest absolute Gasteiger partial charge is 0.234 e. The third kappa shape index (κ3) is 2.85. The second-order valence-electron chi connectivity index (χ2n) is 4.63. The van der Waals surface area contributed by atoms with E-state index < -0.39 is 0 Å². The van der Waals surface area contributed by atoms with Gasteiger partial charge in [0.1, 0.15) is 5.82 Å². The number of nitrogens with two attached hydrogens (primary N) is 1. The summed E-state index contributed by atoms with van der Waals surface area (Å²) in [6, 6.07) is -0.168. The molecule has 1 fully saturated rings. The van der Waals surface area contributed by atoms with Crippen LogP contribution in [0.1, 0.15) is 25.6 Å². The largest absolute Gasteiger partial charge is 0.368 e. The van der Waals surface area contributed by atoms with Crippen molar-refractivity contribution < 1.29 is 4.79 Å². The molecule has 5 heteroatoms. The molecule has 1 aromatic rings. The summed E-state index contributed by atoms with van der Waals surface area (Å²) >= 11 is 0. The Kier molecular flexibility index (Phi) is 3.78. The minimum Gasteiger partial charge on any atom is -0.368 e. The molecule has 0 bridgehead atoms. The summed E-state index contributed by atoms with van der Waals surface area (Å²) in [5, 5.41) is 3.15. The Balaban J connectivity index is 1.97. The maximum absolute atomic E-state index is 11.2. The van der Waals surface area contributed by atoms with E-state index in [0.29, 0.717) is 5.92 Å². The van der Waals surface area contributed by atoms with Crippen LogP contribution in [-0.4, -0.2) is 28.0 Å². The lowest BCUT2D eigenvalue weighted by Crippen LogP contribution is -2.47. The number of carbonyl (C=O) groups is 1. The van der Waals surface area contributed by atoms with E-state index >= 15 is 0 Å². The molecule has 17 heavy (non-hydrogen) atoms. The molecule has 0 aromatic carbocycles. The van der Waals surface area contributed by atoms with Gasteiger partial charge in [-0.15, -0.1) is 0 Å². The van der Waals surface area contributed by atoms with Gasteiger partial charge in [0.25, 0.3) is 0 Å². The Bertz CT molecular complexity index is 388. The summed E-state index contributed by atoms with van der Waals surface area (Å²) in [4.78, 5) is 15.5. The van der Waals surface area contributed by atoms with Crippen molar-refractivity contribution >= 4 is 5.91 Å². The lowest BCUT2D eigenvalue weighted by atomic mass is 9.89. The number of carbonyl (C=O) groups excluding carboxylic acids is 1. The molecule has 0 radical (unpaired) electrons. The predicted octanol–water partition coefficient (Wildman–Crippen LogP) is 0.299. The SMILES string of the molecule is CCn1ccnc1CC1CCNC(C(N)=O)C1. The monoisotopic (exact) mass is 236 g/mol. The summed E-state index contributed by atoms with van der Waals surface area (Å²) in [6.45, 7) is 3.92. The van der Waals surface area contributed by atoms with Crippen molar-refractivity contribution in [3.8, 4) is 0 Å². The van der Waals surface area contributed by atoms with Crippen LogP contribution in [0.4, 0.5) is 0 Å². The van der Waals surface area contributed by atoms with Gasteiger partial charge in [-0.25, -0.2) is 4.98 Å². The molecule has 2 heterocycles. The number of nitrogens with one attached hydrogen (secondary N) is 1. The summed E-state index contributed by atoms with van der Waals surface area (Å²) in [7, 11) is 0. The summed E-state index contributed by atoms with van der Waals surface area (Å²) < 4.78 is 2.15. The summed E-state index contributed by atoms with van der Waals surface area (Å²) in [5.41, 5.74) is 5.34. The first-order chi connectivity index (χ1) is 8.20. The molecule has 1 aromatic heterocycles. The molecule has 0 spiro atoms. The van der Waals surface area contributed by atoms with E-state index in [1.54, 1.807) is 0 Å². The van der Waals surface area contributed by atoms with Gasteiger partial charge in [0.15, 0.2) is 0 Å². The molecular weight excluding hydrogens is 216 g/mol. The van der Waals surface area contributed by atoms with E-state index in [1.165, 1.54) is 0 Å². The highest BCUT2D eigenvalue weighted by molar-refractivity contribution is 5.79. The number of nitrogens with zero attached hydrogens (tertiary/aromatic N) is 2. The number of hydrogen-bond donors (Lipinski definition) is 2. The molecule has 3 N–H and O–H groups in total. The van der Waals surface area contributed by atoms with Gasteiger partial charge >= 0.3 is 0 Å². The zero-order valence-electron chi connectivity index (χ0n) is 10.2. The Morgan fingerprint density at radius 1 is 1.71 bits per heavy atom. The fourth-order valence-corrected chi connectivity index (χ4v) is 2.47. The van der Waals surface area contributed by atoms with E-state index in [1.807, 2.05) is 12.4 Å². The fraction of sp³-hybridized carbons (Fsp3) is 0.667. The van der Waals surface area contributed by atoms with Crippen LogP contribution in [0.2, 0.25) is 0 Å². The van der Waals surface area contributed by atoms with Gasteiger partial charge in [0.05, 0.1) is 6.04 Å². The second-order valence-corrected chi connectivity index (χ2v) is 4.63. The molecule has 94 valence electrons. The summed E-state index contributed by atoms with van der Waals surface area (Å²) in [5.74, 6) is 1.37. The Labute approximate surface area is 101 Å². The van der Waals surface area contributed by atoms with Crippen molar-refractivity contribution in [1.82, 2.24) is 14.9 Å². The van der Waals surface area contributed by atoms with Crippen molar-refractivity contribution in [1.29, 1.82) is 0 Å². The quantitative estimate of drug-likeness (QED) is 0.789. The van der Waals surface area contributed by atoms with Crippen LogP contribution in [0.5, 0.6) is 0 Å². The van der Waals surface area contributed by atoms with Crippen LogP contribution in [0, 0.1) is 5.92 Å². The van der Waals surface area contributed by atoms with Crippen molar-refractivity contribution in [2.75, 3.05) is 6.54 Å². The van der Waals surface area contributed by atoms with Gasteiger partial charge in [-0.1, -0.05) is 0 Å². The van der Waals surface area contributed by atoms with Gasteiger partial charge in [-0.3, -0.25) is 4.79 Å². The summed E-state index contributed by atoms with van der Waals surface area (Å²) in [6.07, 6.45) is 6.69. The van der Waals surface area contributed by atoms with Crippen molar-refractivity contribution in [3.63, 3.8) is 0 Å². The van der Waals surface area contributed by atoms with Crippen molar-refractivity contribution in [2.45, 2.75) is 38.8 Å². The standard InChI is InChI=1S/C12H20N4O/c1-2-16-6-5-15-11(16)8-9-3-4-14-10(7-9)12(13)17/h5-6,9-10,14H,2-4,7-8H2,1H3,(H2,13,17). The third-order valence-corrected chi connectivity index (χ3v) is 3.47. The number of aromatic nitrogens is 2. The van der Waals surface area contributed by atoms with Crippen LogP contribution in [0.25, 0.3) is 0 Å². The molecule has 2 atom stereocenters. The number of piperidine rings is 1. The van der Waals surface area contributed by atoms with Crippen LogP contribution in [0.3, 0.4) is 0 Å². The van der Waals surface area contributed by atoms with Gasteiger partial charge in [0.2, 0.25) is 5.91 Å². The number of amides is 1. The molecule has 0 aliphatic carbocycles. The van der Waals surface area contributed by atoms with Crippen molar-refractivity contribution in [3.05, 3.63) is 18.2 Å². The van der Waals surface area contributed by atoms with Gasteiger partial charge in [-0.05, 0) is 32.2 Å². The van der Waals surface area contributed by atoms with Crippen LogP contribution in [-0.2, 0) is 17.8 Å². The maximum atomic E-state index is 11.2. The topological polar surface area (TPSA) is 72.9 Å². The van der Waals surface area contributed by atoms with Crippen LogP contribution in [0.15, 0.2) is 12.4 Å². The molecule has 0 saturated carbocycles. The first-order valence-electron chi connectivity index (χ1n) is 6.23. The van der Waals surface area contributed by atoms with Gasteiger partial charge in [-0.2, -0.15) is 0 Å². The Morgan fingerprint density at radius 3 is 3.24 bits per heavy atom. The normalized spacial score (nSPS) is 24.8. The molecular formula is C12H20N4O. The highest BCUT2D eigenvalue weighted by Crippen LogP contribution is 2.20. The molecule has 5 nitrogen and oxygen atoms in total. The molecule has 2 unspecified atom stereocenters. The first kappa shape index (κ1) is 12.1. The number of aryl methyl sites for hydroxylation is 1. The number of imidazole rings is 1. The fourth-order valence-electron chi connectivity index (χ4n) is 2.47. The van der Waals surface area contributed by atoms with Gasteiger partial charge < -0.3 is 15.6 Å². The zero-order chi connectivity index (χ0) is 12.3. The minimum atomic E-state index is -0.242. The minimum absolute atomic E-state index is 0.168. The maximum Gasteiger partial charge on any atom is 0.234 e. The lowest BCUT2D eigenvalue weighted by Gasteiger charge is -2.28. The van der Waals surface area contributed by atoms with Crippen LogP contribution < -0.4 is 11.1 Å². The average molecular weight is 236 g/mol. The van der Waals surface area contributed by atoms with Gasteiger partial charge in [0, 0.05) is 25.4 Å². The van der Waals surface area contributed by atoms with E-state index in [4.69, 9.17) is 5.73 Å². The second kappa shape index (κ2) is 5.31. The highest BCUT2D eigenvalue weighted by Gasteiger charge is 2.26. The highest BCUT2D eigenvalue weighted by atomic mass is 16.1. The van der Waals surface area contributed by atoms with E-state index in [-0.39, 0.29) is 11.9 Å². The first-order valence-corrected chi connectivity index (χ1v) is 6.23. The number of rotatable bonds is 4. The molecule has 1 aliphatic rings. The Hall–Kier alpha value is -1.36. The molecule has 1 aliphatic heterocycles. The number of primary amides is 1. The third-order valence-electron chi connectivity index (χ3n) is 3.47. The lowest BCUT2D eigenvalue weighted by molar-refractivity contribution is -0.120.